The van der Waals surface area contributed by atoms with E-state index in [9.17, 15) is 24.3 Å². The first-order valence-electron chi connectivity index (χ1n) is 11.1. The second-order valence-corrected chi connectivity index (χ2v) is 8.21. The number of nitrogens with zero attached hydrogens (tertiary/aromatic N) is 2. The van der Waals surface area contributed by atoms with Gasteiger partial charge < -0.3 is 25.3 Å². The van der Waals surface area contributed by atoms with E-state index < -0.39 is 23.6 Å². The maximum absolute atomic E-state index is 12.3. The molecule has 2 aromatic heterocycles. The number of H-pyrrole nitrogens is 1. The van der Waals surface area contributed by atoms with Gasteiger partial charge in [-0.1, -0.05) is 30.3 Å². The van der Waals surface area contributed by atoms with Gasteiger partial charge in [-0.25, -0.2) is 4.79 Å². The van der Waals surface area contributed by atoms with Gasteiger partial charge in [0.2, 0.25) is 0 Å². The molecule has 36 heavy (non-hydrogen) atoms. The van der Waals surface area contributed by atoms with Crippen LogP contribution in [0.1, 0.15) is 5.56 Å². The summed E-state index contributed by atoms with van der Waals surface area (Å²) in [5, 5.41) is 16.3. The van der Waals surface area contributed by atoms with E-state index >= 15 is 0 Å². The van der Waals surface area contributed by atoms with Crippen LogP contribution in [0.4, 0.5) is 10.5 Å². The summed E-state index contributed by atoms with van der Waals surface area (Å²) in [6, 6.07) is 19.7. The molecule has 0 radical (unpaired) electrons. The van der Waals surface area contributed by atoms with Crippen LogP contribution < -0.4 is 21.8 Å². The number of aromatic amines is 1. The molecule has 4 N–H and O–H groups in total. The van der Waals surface area contributed by atoms with Crippen molar-refractivity contribution < 1.29 is 14.7 Å². The number of carbonyl (C=O) groups is 2. The zero-order valence-electron chi connectivity index (χ0n) is 18.9. The van der Waals surface area contributed by atoms with Crippen molar-refractivity contribution in [2.75, 3.05) is 5.32 Å². The molecule has 5 rings (SSSR count). The second kappa shape index (κ2) is 9.26. The molecule has 0 unspecified atom stereocenters. The van der Waals surface area contributed by atoms with Crippen LogP contribution in [0.15, 0.2) is 88.7 Å². The first-order chi connectivity index (χ1) is 17.4. The van der Waals surface area contributed by atoms with Crippen LogP contribution in [0.3, 0.4) is 0 Å². The minimum atomic E-state index is -1.22. The van der Waals surface area contributed by atoms with Crippen LogP contribution in [0, 0.1) is 0 Å². The molecule has 0 atom stereocenters. The highest BCUT2D eigenvalue weighted by Crippen LogP contribution is 2.25. The van der Waals surface area contributed by atoms with Gasteiger partial charge in [-0.2, -0.15) is 0 Å². The summed E-state index contributed by atoms with van der Waals surface area (Å²) >= 11 is 0. The number of carboxylic acids is 1. The van der Waals surface area contributed by atoms with Gasteiger partial charge in [-0.15, -0.1) is 0 Å². The van der Waals surface area contributed by atoms with Crippen molar-refractivity contribution in [3.05, 3.63) is 105 Å². The van der Waals surface area contributed by atoms with Crippen molar-refractivity contribution in [1.29, 1.82) is 0 Å². The van der Waals surface area contributed by atoms with E-state index in [4.69, 9.17) is 0 Å². The fraction of sp³-hybridized carbons (Fsp3) is 0.0769. The van der Waals surface area contributed by atoms with Crippen molar-refractivity contribution in [2.24, 2.45) is 0 Å². The number of carboxylic acid groups (broad SMARTS) is 1. The van der Waals surface area contributed by atoms with Gasteiger partial charge in [0, 0.05) is 35.7 Å². The summed E-state index contributed by atoms with van der Waals surface area (Å²) in [4.78, 5) is 50.6. The highest BCUT2D eigenvalue weighted by atomic mass is 16.4. The summed E-state index contributed by atoms with van der Waals surface area (Å²) < 4.78 is 2.83. The predicted octanol–water partition coefficient (Wildman–Crippen LogP) is 3.04. The summed E-state index contributed by atoms with van der Waals surface area (Å²) in [7, 11) is 0. The lowest BCUT2D eigenvalue weighted by atomic mass is 10.1. The minimum absolute atomic E-state index is 0.316. The third-order valence-electron chi connectivity index (χ3n) is 5.78. The van der Waals surface area contributed by atoms with Gasteiger partial charge in [0.15, 0.2) is 0 Å². The van der Waals surface area contributed by atoms with Gasteiger partial charge in [-0.05, 0) is 47.3 Å². The molecule has 0 fully saturated rings. The molecule has 2 heterocycles. The molecular weight excluding hydrogens is 462 g/mol. The lowest BCUT2D eigenvalue weighted by Gasteiger charge is -2.11. The van der Waals surface area contributed by atoms with Crippen molar-refractivity contribution >= 4 is 39.5 Å². The molecule has 5 aromatic rings. The Morgan fingerprint density at radius 2 is 1.75 bits per heavy atom. The molecule has 10 nitrogen and oxygen atoms in total. The number of anilines is 1. The van der Waals surface area contributed by atoms with E-state index in [0.717, 1.165) is 21.2 Å². The van der Waals surface area contributed by atoms with Crippen LogP contribution in [0.25, 0.3) is 27.5 Å². The zero-order valence-corrected chi connectivity index (χ0v) is 18.9. The lowest BCUT2D eigenvalue weighted by molar-refractivity contribution is -0.137. The van der Waals surface area contributed by atoms with E-state index in [-0.39, 0.29) is 6.03 Å². The Balaban J connectivity index is 1.43. The number of para-hydroxylation sites is 1. The minimum Gasteiger partial charge on any atom is -0.480 e. The molecule has 2 amide bonds. The molecule has 0 aliphatic rings. The zero-order chi connectivity index (χ0) is 25.2. The summed E-state index contributed by atoms with van der Waals surface area (Å²) in [5.74, 6) is -1.22. The van der Waals surface area contributed by atoms with E-state index in [0.29, 0.717) is 28.7 Å². The number of hydrogen-bond donors (Lipinski definition) is 4. The average molecular weight is 483 g/mol. The van der Waals surface area contributed by atoms with Gasteiger partial charge in [0.1, 0.15) is 6.54 Å². The van der Waals surface area contributed by atoms with E-state index in [1.807, 2.05) is 59.4 Å². The van der Waals surface area contributed by atoms with Crippen molar-refractivity contribution in [2.45, 2.75) is 13.1 Å². The monoisotopic (exact) mass is 483 g/mol. The van der Waals surface area contributed by atoms with Crippen LogP contribution in [0.2, 0.25) is 0 Å². The highest BCUT2D eigenvalue weighted by molar-refractivity contribution is 6.04. The van der Waals surface area contributed by atoms with Gasteiger partial charge in [0.05, 0.1) is 11.0 Å². The predicted molar refractivity (Wildman–Crippen MR) is 136 cm³/mol. The summed E-state index contributed by atoms with van der Waals surface area (Å²) in [6.45, 7) is -0.298. The third-order valence-corrected chi connectivity index (χ3v) is 5.78. The van der Waals surface area contributed by atoms with Gasteiger partial charge in [0.25, 0.3) is 0 Å². The molecule has 180 valence electrons. The number of nitrogens with one attached hydrogen (secondary N) is 3. The molecule has 0 spiro atoms. The maximum atomic E-state index is 12.3. The number of carbonyl (C=O) groups excluding carboxylic acids is 1. The fourth-order valence-electron chi connectivity index (χ4n) is 4.09. The van der Waals surface area contributed by atoms with E-state index in [1.54, 1.807) is 24.3 Å². The maximum Gasteiger partial charge on any atom is 0.323 e. The Labute approximate surface area is 203 Å². The number of aromatic nitrogens is 3. The molecule has 10 heteroatoms. The normalized spacial score (nSPS) is 11.0. The van der Waals surface area contributed by atoms with Crippen LogP contribution in [0.5, 0.6) is 0 Å². The Bertz CT molecular complexity index is 1730. The first kappa shape index (κ1) is 22.7. The standard InChI is InChI=1S/C26H21N5O5/c32-22(33)15-31-21-9-7-17-6-8-19(12-20(17)23(21)29-24(34)25(31)35)30-11-10-16(14-30)13-27-26(36)28-18-4-2-1-3-5-18/h1-12,14H,13,15H2,(H,29,34)(H,32,33)(H2,27,28,36). The smallest absolute Gasteiger partial charge is 0.323 e. The third kappa shape index (κ3) is 4.47. The molecule has 0 saturated heterocycles. The van der Waals surface area contributed by atoms with Gasteiger partial charge in [-0.3, -0.25) is 19.0 Å². The van der Waals surface area contributed by atoms with Crippen LogP contribution in [-0.2, 0) is 17.9 Å². The Hall–Kier alpha value is -5.12. The molecule has 0 saturated carbocycles. The van der Waals surface area contributed by atoms with Gasteiger partial charge >= 0.3 is 23.1 Å². The van der Waals surface area contributed by atoms with Crippen molar-refractivity contribution in [1.82, 2.24) is 19.4 Å². The first-order valence-corrected chi connectivity index (χ1v) is 11.1. The fourth-order valence-corrected chi connectivity index (χ4v) is 4.09. The van der Waals surface area contributed by atoms with E-state index in [1.165, 1.54) is 0 Å². The molecular formula is C26H21N5O5. The molecule has 3 aromatic carbocycles. The number of aliphatic carboxylic acids is 1. The molecule has 0 aliphatic heterocycles. The number of benzene rings is 3. The van der Waals surface area contributed by atoms with Crippen LogP contribution >= 0.6 is 0 Å². The molecule has 0 bridgehead atoms. The van der Waals surface area contributed by atoms with Crippen molar-refractivity contribution in [3.63, 3.8) is 0 Å². The number of urea groups is 1. The Kier molecular flexibility index (Phi) is 5.83. The largest absolute Gasteiger partial charge is 0.480 e. The summed E-state index contributed by atoms with van der Waals surface area (Å²) in [6.07, 6.45) is 3.72. The second-order valence-electron chi connectivity index (χ2n) is 8.21. The number of fused-ring (bicyclic) bond motifs is 3. The topological polar surface area (TPSA) is 138 Å². The van der Waals surface area contributed by atoms with Crippen molar-refractivity contribution in [3.8, 4) is 5.69 Å². The number of rotatable bonds is 6. The SMILES string of the molecule is O=C(O)Cn1c(=O)c(=O)[nH]c2c3cc(-n4ccc(CNC(=O)Nc5ccccc5)c4)ccc3ccc21. The average Bonchev–Trinajstić information content (AvgIpc) is 3.35. The van der Waals surface area contributed by atoms with Crippen LogP contribution in [-0.4, -0.2) is 31.2 Å². The quantitative estimate of drug-likeness (QED) is 0.217. The number of hydrogen-bond acceptors (Lipinski definition) is 4. The highest BCUT2D eigenvalue weighted by Gasteiger charge is 2.13. The number of amides is 2. The lowest BCUT2D eigenvalue weighted by Crippen LogP contribution is -2.37. The Morgan fingerprint density at radius 3 is 2.53 bits per heavy atom. The molecule has 0 aliphatic carbocycles. The Morgan fingerprint density at radius 1 is 0.972 bits per heavy atom. The summed E-state index contributed by atoms with van der Waals surface area (Å²) in [5.41, 5.74) is 1.26. The van der Waals surface area contributed by atoms with E-state index in [2.05, 4.69) is 15.6 Å².